The fourth-order valence-corrected chi connectivity index (χ4v) is 4.08. The van der Waals surface area contributed by atoms with E-state index in [9.17, 15) is 9.59 Å². The van der Waals surface area contributed by atoms with Crippen molar-refractivity contribution < 1.29 is 9.59 Å². The van der Waals surface area contributed by atoms with Gasteiger partial charge in [0.15, 0.2) is 0 Å². The molecule has 0 aromatic rings. The first-order valence-electron chi connectivity index (χ1n) is 9.42. The average Bonchev–Trinajstić information content (AvgIpc) is 3.10. The normalized spacial score (nSPS) is 25.1. The van der Waals surface area contributed by atoms with Crippen LogP contribution >= 0.6 is 0 Å². The Bertz CT molecular complexity index is 418. The third kappa shape index (κ3) is 4.25. The molecule has 0 aliphatic carbocycles. The highest BCUT2D eigenvalue weighted by molar-refractivity contribution is 5.80. The molecule has 0 unspecified atom stereocenters. The Kier molecular flexibility index (Phi) is 5.57. The van der Waals surface area contributed by atoms with Gasteiger partial charge >= 0.3 is 0 Å². The van der Waals surface area contributed by atoms with Gasteiger partial charge in [-0.25, -0.2) is 0 Å². The Labute approximate surface area is 140 Å². The second-order valence-corrected chi connectivity index (χ2v) is 7.65. The lowest BCUT2D eigenvalue weighted by atomic mass is 9.95. The summed E-state index contributed by atoms with van der Waals surface area (Å²) in [5.74, 6) is 1.58. The van der Waals surface area contributed by atoms with Crippen LogP contribution in [0.2, 0.25) is 0 Å². The van der Waals surface area contributed by atoms with E-state index < -0.39 is 0 Å². The molecule has 3 aliphatic rings. The van der Waals surface area contributed by atoms with E-state index in [4.69, 9.17) is 0 Å². The first kappa shape index (κ1) is 16.7. The van der Waals surface area contributed by atoms with Gasteiger partial charge in [0.25, 0.3) is 0 Å². The topological polar surface area (TPSA) is 43.9 Å². The van der Waals surface area contributed by atoms with Gasteiger partial charge in [0.2, 0.25) is 11.8 Å². The van der Waals surface area contributed by atoms with Crippen molar-refractivity contribution in [3.63, 3.8) is 0 Å². The quantitative estimate of drug-likeness (QED) is 0.793. The third-order valence-electron chi connectivity index (χ3n) is 5.85. The first-order valence-corrected chi connectivity index (χ1v) is 9.42. The van der Waals surface area contributed by atoms with Crippen LogP contribution in [-0.4, -0.2) is 72.3 Å². The molecule has 3 fully saturated rings. The Morgan fingerprint density at radius 3 is 2.04 bits per heavy atom. The molecule has 130 valence electrons. The molecule has 3 aliphatic heterocycles. The van der Waals surface area contributed by atoms with Crippen LogP contribution in [0.25, 0.3) is 0 Å². The Morgan fingerprint density at radius 1 is 0.826 bits per heavy atom. The number of amides is 2. The lowest BCUT2D eigenvalue weighted by Crippen LogP contribution is -2.47. The van der Waals surface area contributed by atoms with Crippen LogP contribution in [0.5, 0.6) is 0 Å². The minimum atomic E-state index is 0.190. The molecule has 0 aromatic heterocycles. The third-order valence-corrected chi connectivity index (χ3v) is 5.85. The van der Waals surface area contributed by atoms with Crippen LogP contribution in [-0.2, 0) is 9.59 Å². The zero-order valence-corrected chi connectivity index (χ0v) is 14.5. The predicted molar refractivity (Wildman–Crippen MR) is 90.0 cm³/mol. The number of rotatable bonds is 3. The molecule has 5 nitrogen and oxygen atoms in total. The summed E-state index contributed by atoms with van der Waals surface area (Å²) in [5, 5.41) is 0. The summed E-state index contributed by atoms with van der Waals surface area (Å²) in [5.41, 5.74) is 0. The SMILES string of the molecule is CC1CCN(C(=O)CN2CCC(C(=O)N3CCCC3)CC2)CC1. The van der Waals surface area contributed by atoms with Crippen molar-refractivity contribution in [3.05, 3.63) is 0 Å². The monoisotopic (exact) mass is 321 g/mol. The first-order chi connectivity index (χ1) is 11.1. The molecular formula is C18H31N3O2. The number of likely N-dealkylation sites (tertiary alicyclic amines) is 3. The summed E-state index contributed by atoms with van der Waals surface area (Å²) in [4.78, 5) is 31.2. The molecule has 5 heteroatoms. The van der Waals surface area contributed by atoms with E-state index in [1.165, 1.54) is 0 Å². The van der Waals surface area contributed by atoms with Crippen molar-refractivity contribution >= 4 is 11.8 Å². The Balaban J connectivity index is 1.40. The van der Waals surface area contributed by atoms with Crippen LogP contribution in [0.3, 0.4) is 0 Å². The van der Waals surface area contributed by atoms with Gasteiger partial charge in [0.05, 0.1) is 6.54 Å². The molecule has 0 spiro atoms. The highest BCUT2D eigenvalue weighted by Gasteiger charge is 2.31. The zero-order valence-electron chi connectivity index (χ0n) is 14.5. The highest BCUT2D eigenvalue weighted by atomic mass is 16.2. The van der Waals surface area contributed by atoms with Gasteiger partial charge in [-0.3, -0.25) is 14.5 Å². The molecular weight excluding hydrogens is 290 g/mol. The lowest BCUT2D eigenvalue weighted by molar-refractivity contribution is -0.137. The molecule has 2 amide bonds. The van der Waals surface area contributed by atoms with Gasteiger partial charge < -0.3 is 9.80 Å². The molecule has 3 heterocycles. The number of piperidine rings is 2. The maximum atomic E-state index is 12.4. The second kappa shape index (κ2) is 7.65. The molecule has 0 bridgehead atoms. The smallest absolute Gasteiger partial charge is 0.236 e. The van der Waals surface area contributed by atoms with Crippen molar-refractivity contribution in [2.45, 2.75) is 45.4 Å². The molecule has 3 rings (SSSR count). The number of carbonyl (C=O) groups is 2. The van der Waals surface area contributed by atoms with Crippen molar-refractivity contribution in [1.29, 1.82) is 0 Å². The number of nitrogens with zero attached hydrogens (tertiary/aromatic N) is 3. The minimum Gasteiger partial charge on any atom is -0.342 e. The summed E-state index contributed by atoms with van der Waals surface area (Å²) in [6.45, 7) is 8.33. The molecule has 3 saturated heterocycles. The van der Waals surface area contributed by atoms with E-state index in [2.05, 4.69) is 11.8 Å². The minimum absolute atomic E-state index is 0.190. The van der Waals surface area contributed by atoms with Gasteiger partial charge in [-0.2, -0.15) is 0 Å². The van der Waals surface area contributed by atoms with Crippen LogP contribution in [0, 0.1) is 11.8 Å². The van der Waals surface area contributed by atoms with Crippen LogP contribution in [0.1, 0.15) is 45.4 Å². The van der Waals surface area contributed by atoms with E-state index in [1.54, 1.807) is 0 Å². The van der Waals surface area contributed by atoms with E-state index >= 15 is 0 Å². The van der Waals surface area contributed by atoms with Crippen LogP contribution < -0.4 is 0 Å². The summed E-state index contributed by atoms with van der Waals surface area (Å²) in [6, 6.07) is 0. The molecule has 0 N–H and O–H groups in total. The van der Waals surface area contributed by atoms with Gasteiger partial charge in [-0.1, -0.05) is 6.92 Å². The lowest BCUT2D eigenvalue weighted by Gasteiger charge is -2.35. The van der Waals surface area contributed by atoms with Crippen LogP contribution in [0.4, 0.5) is 0 Å². The molecule has 0 aromatic carbocycles. The summed E-state index contributed by atoms with van der Waals surface area (Å²) in [6.07, 6.45) is 6.43. The summed E-state index contributed by atoms with van der Waals surface area (Å²) in [7, 11) is 0. The second-order valence-electron chi connectivity index (χ2n) is 7.65. The summed E-state index contributed by atoms with van der Waals surface area (Å²) < 4.78 is 0. The fraction of sp³-hybridized carbons (Fsp3) is 0.889. The van der Waals surface area contributed by atoms with Crippen LogP contribution in [0.15, 0.2) is 0 Å². The Morgan fingerprint density at radius 2 is 1.43 bits per heavy atom. The zero-order chi connectivity index (χ0) is 16.2. The summed E-state index contributed by atoms with van der Waals surface area (Å²) >= 11 is 0. The van der Waals surface area contributed by atoms with Gasteiger partial charge in [-0.05, 0) is 57.5 Å². The van der Waals surface area contributed by atoms with Crippen molar-refractivity contribution in [3.8, 4) is 0 Å². The molecule has 0 atom stereocenters. The van der Waals surface area contributed by atoms with E-state index in [0.29, 0.717) is 12.5 Å². The van der Waals surface area contributed by atoms with E-state index in [0.717, 1.165) is 83.7 Å². The average molecular weight is 321 g/mol. The Hall–Kier alpha value is -1.10. The number of hydrogen-bond acceptors (Lipinski definition) is 3. The van der Waals surface area contributed by atoms with Gasteiger partial charge in [-0.15, -0.1) is 0 Å². The largest absolute Gasteiger partial charge is 0.342 e. The van der Waals surface area contributed by atoms with Crippen molar-refractivity contribution in [2.75, 3.05) is 45.8 Å². The maximum absolute atomic E-state index is 12.4. The standard InChI is InChI=1S/C18H31N3O2/c1-15-4-12-20(13-5-15)17(22)14-19-10-6-16(7-11-19)18(23)21-8-2-3-9-21/h15-16H,2-14H2,1H3. The molecule has 0 saturated carbocycles. The molecule has 0 radical (unpaired) electrons. The maximum Gasteiger partial charge on any atom is 0.236 e. The number of hydrogen-bond donors (Lipinski definition) is 0. The predicted octanol–water partition coefficient (Wildman–Crippen LogP) is 1.58. The fourth-order valence-electron chi connectivity index (χ4n) is 4.08. The van der Waals surface area contributed by atoms with Crippen molar-refractivity contribution in [2.24, 2.45) is 11.8 Å². The van der Waals surface area contributed by atoms with E-state index in [-0.39, 0.29) is 11.8 Å². The number of carbonyl (C=O) groups excluding carboxylic acids is 2. The van der Waals surface area contributed by atoms with Gasteiger partial charge in [0, 0.05) is 32.1 Å². The molecule has 23 heavy (non-hydrogen) atoms. The van der Waals surface area contributed by atoms with E-state index in [1.807, 2.05) is 9.80 Å². The van der Waals surface area contributed by atoms with Crippen molar-refractivity contribution in [1.82, 2.24) is 14.7 Å². The van der Waals surface area contributed by atoms with Gasteiger partial charge in [0.1, 0.15) is 0 Å². The highest BCUT2D eigenvalue weighted by Crippen LogP contribution is 2.22.